The summed E-state index contributed by atoms with van der Waals surface area (Å²) in [5.41, 5.74) is -0.148. The van der Waals surface area contributed by atoms with E-state index in [1.807, 2.05) is 0 Å². The maximum absolute atomic E-state index is 12.3. The van der Waals surface area contributed by atoms with E-state index in [1.165, 1.54) is 10.9 Å². The highest BCUT2D eigenvalue weighted by Gasteiger charge is 1.91. The van der Waals surface area contributed by atoms with Gasteiger partial charge in [0.05, 0.1) is 12.5 Å². The van der Waals surface area contributed by atoms with E-state index in [4.69, 9.17) is 5.41 Å². The molecule has 4 heteroatoms. The number of nitrogens with one attached hydrogen (secondary N) is 1. The van der Waals surface area contributed by atoms with Gasteiger partial charge in [-0.3, -0.25) is 5.41 Å². The highest BCUT2D eigenvalue weighted by atomic mass is 19.1. The lowest BCUT2D eigenvalue weighted by atomic mass is 10.6. The Balaban J connectivity index is 3.43. The van der Waals surface area contributed by atoms with Crippen LogP contribution in [-0.4, -0.2) is 9.55 Å². The molecule has 48 valence electrons. The fourth-order valence-corrected chi connectivity index (χ4v) is 0.486. The lowest BCUT2D eigenvalue weighted by molar-refractivity contribution is 0.564. The first-order valence-corrected chi connectivity index (χ1v) is 2.42. The first-order chi connectivity index (χ1) is 4.22. The Kier molecular flexibility index (Phi) is 1.30. The molecule has 0 saturated heterocycles. The standard InChI is InChI=1S/C5H6FN3/c1-9-3-8-2-4(6)5(9)7/h2-3,7H,1H3. The van der Waals surface area contributed by atoms with Crippen LogP contribution in [0.4, 0.5) is 4.39 Å². The Labute approximate surface area is 51.3 Å². The Bertz CT molecular complexity index is 242. The largest absolute Gasteiger partial charge is 0.318 e. The van der Waals surface area contributed by atoms with E-state index in [9.17, 15) is 4.39 Å². The van der Waals surface area contributed by atoms with E-state index in [0.29, 0.717) is 0 Å². The minimum Gasteiger partial charge on any atom is -0.318 e. The van der Waals surface area contributed by atoms with E-state index in [2.05, 4.69) is 4.98 Å². The van der Waals surface area contributed by atoms with Gasteiger partial charge >= 0.3 is 0 Å². The van der Waals surface area contributed by atoms with Gasteiger partial charge in [-0.05, 0) is 0 Å². The quantitative estimate of drug-likeness (QED) is 0.525. The molecule has 0 spiro atoms. The van der Waals surface area contributed by atoms with Gasteiger partial charge in [-0.25, -0.2) is 9.37 Å². The zero-order valence-electron chi connectivity index (χ0n) is 4.93. The number of aromatic nitrogens is 2. The molecule has 0 saturated carbocycles. The van der Waals surface area contributed by atoms with E-state index in [1.54, 1.807) is 7.05 Å². The van der Waals surface area contributed by atoms with Crippen LogP contribution in [-0.2, 0) is 7.05 Å². The highest BCUT2D eigenvalue weighted by Crippen LogP contribution is 1.79. The second kappa shape index (κ2) is 1.97. The van der Waals surface area contributed by atoms with Gasteiger partial charge in [-0.15, -0.1) is 0 Å². The number of hydrogen-bond donors (Lipinski definition) is 1. The number of halogens is 1. The third-order valence-electron chi connectivity index (χ3n) is 1.01. The Morgan fingerprint density at radius 2 is 2.44 bits per heavy atom. The van der Waals surface area contributed by atoms with Crippen LogP contribution in [0.5, 0.6) is 0 Å². The van der Waals surface area contributed by atoms with Crippen molar-refractivity contribution in [3.05, 3.63) is 23.8 Å². The van der Waals surface area contributed by atoms with Crippen LogP contribution < -0.4 is 5.49 Å². The summed E-state index contributed by atoms with van der Waals surface area (Å²) in [5, 5.41) is 6.99. The molecule has 0 aliphatic rings. The van der Waals surface area contributed by atoms with Crippen molar-refractivity contribution >= 4 is 0 Å². The predicted molar refractivity (Wildman–Crippen MR) is 29.0 cm³/mol. The average Bonchev–Trinajstić information content (AvgIpc) is 1.83. The zero-order chi connectivity index (χ0) is 6.85. The molecule has 1 N–H and O–H groups in total. The summed E-state index contributed by atoms with van der Waals surface area (Å²) in [5.74, 6) is -0.597. The van der Waals surface area contributed by atoms with Crippen LogP contribution in [0.3, 0.4) is 0 Å². The second-order valence-corrected chi connectivity index (χ2v) is 1.70. The Morgan fingerprint density at radius 1 is 1.78 bits per heavy atom. The molecule has 0 aliphatic heterocycles. The molecule has 3 nitrogen and oxygen atoms in total. The van der Waals surface area contributed by atoms with Crippen molar-refractivity contribution in [3.63, 3.8) is 0 Å². The minimum atomic E-state index is -0.597. The van der Waals surface area contributed by atoms with Gasteiger partial charge in [0.1, 0.15) is 0 Å². The van der Waals surface area contributed by atoms with E-state index < -0.39 is 5.82 Å². The predicted octanol–water partition coefficient (Wildman–Crippen LogP) is 0.0387. The summed E-state index contributed by atoms with van der Waals surface area (Å²) in [4.78, 5) is 3.51. The topological polar surface area (TPSA) is 41.7 Å². The van der Waals surface area contributed by atoms with Crippen LogP contribution in [0, 0.1) is 11.2 Å². The van der Waals surface area contributed by atoms with Crippen molar-refractivity contribution in [2.24, 2.45) is 7.05 Å². The fraction of sp³-hybridized carbons (Fsp3) is 0.200. The van der Waals surface area contributed by atoms with Crippen molar-refractivity contribution in [2.45, 2.75) is 0 Å². The van der Waals surface area contributed by atoms with Gasteiger partial charge in [0.25, 0.3) is 0 Å². The number of hydrogen-bond acceptors (Lipinski definition) is 2. The second-order valence-electron chi connectivity index (χ2n) is 1.70. The molecule has 9 heavy (non-hydrogen) atoms. The first kappa shape index (κ1) is 5.94. The molecule has 0 aliphatic carbocycles. The molecule has 0 radical (unpaired) electrons. The molecule has 0 bridgehead atoms. The summed E-state index contributed by atoms with van der Waals surface area (Å²) < 4.78 is 13.6. The normalized spacial score (nSPS) is 9.56. The lowest BCUT2D eigenvalue weighted by Gasteiger charge is -1.94. The number of aryl methyl sites for hydroxylation is 1. The molecule has 1 rings (SSSR count). The molecular weight excluding hydrogens is 121 g/mol. The van der Waals surface area contributed by atoms with Gasteiger partial charge in [-0.2, -0.15) is 0 Å². The SMILES string of the molecule is Cn1cncc(F)c1=N. The molecule has 1 aromatic rings. The average molecular weight is 127 g/mol. The monoisotopic (exact) mass is 127 g/mol. The van der Waals surface area contributed by atoms with E-state index >= 15 is 0 Å². The molecule has 1 aromatic heterocycles. The summed E-state index contributed by atoms with van der Waals surface area (Å²) >= 11 is 0. The molecule has 0 fully saturated rings. The van der Waals surface area contributed by atoms with Crippen LogP contribution in [0.1, 0.15) is 0 Å². The number of rotatable bonds is 0. The third kappa shape index (κ3) is 0.960. The first-order valence-electron chi connectivity index (χ1n) is 2.42. The highest BCUT2D eigenvalue weighted by molar-refractivity contribution is 4.82. The summed E-state index contributed by atoms with van der Waals surface area (Å²) in [7, 11) is 1.57. The van der Waals surface area contributed by atoms with Crippen LogP contribution in [0.2, 0.25) is 0 Å². The third-order valence-corrected chi connectivity index (χ3v) is 1.01. The fourth-order valence-electron chi connectivity index (χ4n) is 0.486. The molecule has 0 unspecified atom stereocenters. The summed E-state index contributed by atoms with van der Waals surface area (Å²) in [6, 6.07) is 0. The van der Waals surface area contributed by atoms with Crippen LogP contribution in [0.15, 0.2) is 12.5 Å². The van der Waals surface area contributed by atoms with Crippen molar-refractivity contribution in [3.8, 4) is 0 Å². The molecule has 0 amide bonds. The van der Waals surface area contributed by atoms with Gasteiger partial charge in [0.15, 0.2) is 11.3 Å². The van der Waals surface area contributed by atoms with Crippen molar-refractivity contribution in [1.29, 1.82) is 5.41 Å². The van der Waals surface area contributed by atoms with Crippen LogP contribution >= 0.6 is 0 Å². The molecule has 0 aromatic carbocycles. The smallest absolute Gasteiger partial charge is 0.183 e. The Morgan fingerprint density at radius 3 is 2.89 bits per heavy atom. The summed E-state index contributed by atoms with van der Waals surface area (Å²) in [6.45, 7) is 0. The van der Waals surface area contributed by atoms with Crippen molar-refractivity contribution in [1.82, 2.24) is 9.55 Å². The van der Waals surface area contributed by atoms with E-state index in [0.717, 1.165) is 6.20 Å². The van der Waals surface area contributed by atoms with Gasteiger partial charge in [0, 0.05) is 7.05 Å². The van der Waals surface area contributed by atoms with Crippen molar-refractivity contribution in [2.75, 3.05) is 0 Å². The number of nitrogens with zero attached hydrogens (tertiary/aromatic N) is 2. The minimum absolute atomic E-state index is 0.148. The molecule has 1 heterocycles. The summed E-state index contributed by atoms with van der Waals surface area (Å²) in [6.07, 6.45) is 2.40. The lowest BCUT2D eigenvalue weighted by Crippen LogP contribution is -2.19. The maximum Gasteiger partial charge on any atom is 0.183 e. The van der Waals surface area contributed by atoms with E-state index in [-0.39, 0.29) is 5.49 Å². The molecular formula is C5H6FN3. The maximum atomic E-state index is 12.3. The van der Waals surface area contributed by atoms with Gasteiger partial charge in [-0.1, -0.05) is 0 Å². The van der Waals surface area contributed by atoms with Gasteiger partial charge in [0.2, 0.25) is 0 Å². The van der Waals surface area contributed by atoms with Gasteiger partial charge < -0.3 is 4.57 Å². The molecule has 0 atom stereocenters. The van der Waals surface area contributed by atoms with Crippen molar-refractivity contribution < 1.29 is 4.39 Å². The zero-order valence-corrected chi connectivity index (χ0v) is 4.93. The van der Waals surface area contributed by atoms with Crippen LogP contribution in [0.25, 0.3) is 0 Å². The Hall–Kier alpha value is -1.19.